The molecule has 0 aliphatic carbocycles. The fourth-order valence-corrected chi connectivity index (χ4v) is 5.40. The standard InChI is InChI=1S/C28H32N2O.2H2S/c31-28(25-14-13-23-10-4-5-11-24(23)18-25)12-6-7-16-29-20-27-19-26(29)21-30(27)17-15-22-8-2-1-3-9-22;;/h1-5,8-11,13-14,18,26-27H,6-7,12,15-17,19-21H2;2*1H2. The van der Waals surface area contributed by atoms with Crippen molar-refractivity contribution >= 4 is 43.5 Å². The number of likely N-dealkylation sites (tertiary alicyclic amines) is 2. The van der Waals surface area contributed by atoms with E-state index in [-0.39, 0.29) is 32.8 Å². The molecule has 2 atom stereocenters. The van der Waals surface area contributed by atoms with Gasteiger partial charge in [0.25, 0.3) is 0 Å². The molecule has 176 valence electrons. The summed E-state index contributed by atoms with van der Waals surface area (Å²) in [5.41, 5.74) is 2.30. The van der Waals surface area contributed by atoms with E-state index in [1.807, 2.05) is 24.3 Å². The van der Waals surface area contributed by atoms with Gasteiger partial charge in [0.1, 0.15) is 0 Å². The van der Waals surface area contributed by atoms with E-state index < -0.39 is 0 Å². The van der Waals surface area contributed by atoms with Gasteiger partial charge in [-0.1, -0.05) is 66.7 Å². The SMILES string of the molecule is O=C(CCCCN1CC2CC1CN2CCc1ccccc1)c1ccc2ccccc2c1.S.S. The van der Waals surface area contributed by atoms with E-state index in [0.717, 1.165) is 48.8 Å². The van der Waals surface area contributed by atoms with Crippen LogP contribution in [0.15, 0.2) is 72.8 Å². The molecule has 2 aliphatic rings. The van der Waals surface area contributed by atoms with Gasteiger partial charge < -0.3 is 0 Å². The van der Waals surface area contributed by atoms with E-state index in [9.17, 15) is 4.79 Å². The maximum absolute atomic E-state index is 12.6. The molecule has 0 N–H and O–H groups in total. The minimum atomic E-state index is 0. The summed E-state index contributed by atoms with van der Waals surface area (Å²) in [5, 5.41) is 2.35. The average molecular weight is 481 g/mol. The van der Waals surface area contributed by atoms with Crippen LogP contribution in [0.5, 0.6) is 0 Å². The lowest BCUT2D eigenvalue weighted by molar-refractivity contribution is 0.0973. The van der Waals surface area contributed by atoms with Crippen molar-refractivity contribution in [3.63, 3.8) is 0 Å². The lowest BCUT2D eigenvalue weighted by atomic mass is 10.0. The number of piperazine rings is 1. The van der Waals surface area contributed by atoms with Crippen molar-refractivity contribution in [2.24, 2.45) is 0 Å². The predicted molar refractivity (Wildman–Crippen MR) is 148 cm³/mol. The molecule has 0 aromatic heterocycles. The Bertz CT molecular complexity index is 1040. The smallest absolute Gasteiger partial charge is 0.162 e. The summed E-state index contributed by atoms with van der Waals surface area (Å²) in [7, 11) is 0. The van der Waals surface area contributed by atoms with Gasteiger partial charge in [0.2, 0.25) is 0 Å². The lowest BCUT2D eigenvalue weighted by Gasteiger charge is -2.34. The van der Waals surface area contributed by atoms with Crippen molar-refractivity contribution in [3.8, 4) is 0 Å². The minimum absolute atomic E-state index is 0. The fourth-order valence-electron chi connectivity index (χ4n) is 5.40. The molecule has 3 nitrogen and oxygen atoms in total. The largest absolute Gasteiger partial charge is 0.297 e. The van der Waals surface area contributed by atoms with Crippen molar-refractivity contribution in [3.05, 3.63) is 83.9 Å². The summed E-state index contributed by atoms with van der Waals surface area (Å²) in [6.07, 6.45) is 5.24. The van der Waals surface area contributed by atoms with Gasteiger partial charge in [0.15, 0.2) is 5.78 Å². The summed E-state index contributed by atoms with van der Waals surface area (Å²) in [6.45, 7) is 4.74. The highest BCUT2D eigenvalue weighted by atomic mass is 32.1. The summed E-state index contributed by atoms with van der Waals surface area (Å²) in [5.74, 6) is 0.279. The van der Waals surface area contributed by atoms with Crippen molar-refractivity contribution in [2.75, 3.05) is 26.2 Å². The zero-order valence-corrected chi connectivity index (χ0v) is 21.2. The number of ketones is 1. The van der Waals surface area contributed by atoms with Crippen LogP contribution in [-0.4, -0.2) is 53.8 Å². The summed E-state index contributed by atoms with van der Waals surface area (Å²) in [6, 6.07) is 26.6. The molecule has 2 fully saturated rings. The van der Waals surface area contributed by atoms with Crippen LogP contribution in [0.4, 0.5) is 0 Å². The van der Waals surface area contributed by atoms with Crippen LogP contribution >= 0.6 is 27.0 Å². The Balaban J connectivity index is 0.00000153. The van der Waals surface area contributed by atoms with Gasteiger partial charge in [-0.15, -0.1) is 0 Å². The molecular formula is C28H36N2OS2. The Hall–Kier alpha value is -1.79. The van der Waals surface area contributed by atoms with Crippen molar-refractivity contribution < 1.29 is 4.79 Å². The highest BCUT2D eigenvalue weighted by Crippen LogP contribution is 2.31. The zero-order valence-electron chi connectivity index (χ0n) is 19.2. The predicted octanol–water partition coefficient (Wildman–Crippen LogP) is 5.42. The molecule has 3 aromatic rings. The van der Waals surface area contributed by atoms with Crippen molar-refractivity contribution in [1.29, 1.82) is 0 Å². The maximum atomic E-state index is 12.6. The fraction of sp³-hybridized carbons (Fsp3) is 0.393. The molecule has 0 spiro atoms. The third-order valence-corrected chi connectivity index (χ3v) is 7.17. The highest BCUT2D eigenvalue weighted by molar-refractivity contribution is 7.59. The van der Waals surface area contributed by atoms with Crippen LogP contribution in [0, 0.1) is 0 Å². The summed E-state index contributed by atoms with van der Waals surface area (Å²) < 4.78 is 0. The number of rotatable bonds is 9. The molecule has 33 heavy (non-hydrogen) atoms. The molecule has 2 unspecified atom stereocenters. The Morgan fingerprint density at radius 3 is 2.15 bits per heavy atom. The summed E-state index contributed by atoms with van der Waals surface area (Å²) in [4.78, 5) is 18.0. The first kappa shape index (κ1) is 25.8. The van der Waals surface area contributed by atoms with Crippen molar-refractivity contribution in [2.45, 2.75) is 44.2 Å². The van der Waals surface area contributed by atoms with Gasteiger partial charge in [-0.2, -0.15) is 27.0 Å². The molecule has 2 bridgehead atoms. The Morgan fingerprint density at radius 1 is 0.758 bits per heavy atom. The molecule has 5 heteroatoms. The molecule has 0 saturated carbocycles. The van der Waals surface area contributed by atoms with Crippen LogP contribution in [0.25, 0.3) is 10.8 Å². The number of hydrogen-bond donors (Lipinski definition) is 0. The van der Waals surface area contributed by atoms with E-state index in [4.69, 9.17) is 0 Å². The number of unbranched alkanes of at least 4 members (excludes halogenated alkanes) is 1. The van der Waals surface area contributed by atoms with E-state index in [1.54, 1.807) is 0 Å². The zero-order chi connectivity index (χ0) is 21.0. The van der Waals surface area contributed by atoms with Crippen molar-refractivity contribution in [1.82, 2.24) is 9.80 Å². The van der Waals surface area contributed by atoms with Crippen LogP contribution in [0.3, 0.4) is 0 Å². The number of carbonyl (C=O) groups is 1. The number of hydrogen-bond acceptors (Lipinski definition) is 3. The number of nitrogens with zero attached hydrogens (tertiary/aromatic N) is 2. The number of fused-ring (bicyclic) bond motifs is 3. The van der Waals surface area contributed by atoms with E-state index in [0.29, 0.717) is 6.42 Å². The van der Waals surface area contributed by atoms with Crippen LogP contribution in [-0.2, 0) is 6.42 Å². The number of carbonyl (C=O) groups excluding carboxylic acids is 1. The van der Waals surface area contributed by atoms with E-state index in [1.165, 1.54) is 37.0 Å². The second kappa shape index (κ2) is 12.1. The molecular weight excluding hydrogens is 444 g/mol. The first-order valence-corrected chi connectivity index (χ1v) is 11.8. The first-order chi connectivity index (χ1) is 15.3. The number of benzene rings is 3. The third kappa shape index (κ3) is 6.21. The normalized spacial score (nSPS) is 19.9. The first-order valence-electron chi connectivity index (χ1n) is 11.8. The van der Waals surface area contributed by atoms with Gasteiger partial charge in [-0.25, -0.2) is 0 Å². The van der Waals surface area contributed by atoms with Crippen LogP contribution < -0.4 is 0 Å². The monoisotopic (exact) mass is 480 g/mol. The minimum Gasteiger partial charge on any atom is -0.297 e. The molecule has 2 heterocycles. The maximum Gasteiger partial charge on any atom is 0.162 e. The Kier molecular flexibility index (Phi) is 9.45. The van der Waals surface area contributed by atoms with Crippen LogP contribution in [0.2, 0.25) is 0 Å². The van der Waals surface area contributed by atoms with Gasteiger partial charge in [-0.05, 0) is 54.6 Å². The number of Topliss-reactive ketones (excluding diaryl/α,β-unsaturated/α-hetero) is 1. The lowest BCUT2D eigenvalue weighted by Crippen LogP contribution is -2.47. The second-order valence-corrected chi connectivity index (χ2v) is 9.21. The molecule has 2 saturated heterocycles. The molecule has 2 aliphatic heterocycles. The van der Waals surface area contributed by atoms with E-state index in [2.05, 4.69) is 58.3 Å². The average Bonchev–Trinajstić information content (AvgIpc) is 3.41. The second-order valence-electron chi connectivity index (χ2n) is 9.21. The molecule has 3 aromatic carbocycles. The highest BCUT2D eigenvalue weighted by Gasteiger charge is 2.42. The van der Waals surface area contributed by atoms with Gasteiger partial charge >= 0.3 is 0 Å². The van der Waals surface area contributed by atoms with Crippen LogP contribution in [0.1, 0.15) is 41.6 Å². The Labute approximate surface area is 212 Å². The van der Waals surface area contributed by atoms with E-state index >= 15 is 0 Å². The summed E-state index contributed by atoms with van der Waals surface area (Å²) >= 11 is 0. The van der Waals surface area contributed by atoms with Gasteiger partial charge in [0, 0.05) is 43.7 Å². The van der Waals surface area contributed by atoms with Gasteiger partial charge in [-0.3, -0.25) is 14.6 Å². The quantitative estimate of drug-likeness (QED) is 0.302. The molecule has 5 rings (SSSR count). The molecule has 0 radical (unpaired) electrons. The third-order valence-electron chi connectivity index (χ3n) is 7.17. The Morgan fingerprint density at radius 2 is 1.42 bits per heavy atom. The van der Waals surface area contributed by atoms with Gasteiger partial charge in [0.05, 0.1) is 0 Å². The molecule has 0 amide bonds. The topological polar surface area (TPSA) is 23.6 Å².